The summed E-state index contributed by atoms with van der Waals surface area (Å²) in [5.74, 6) is -0.237. The lowest BCUT2D eigenvalue weighted by Gasteiger charge is -2.27. The monoisotopic (exact) mass is 660 g/mol. The van der Waals surface area contributed by atoms with Crippen LogP contribution in [0.2, 0.25) is 0 Å². The van der Waals surface area contributed by atoms with Crippen molar-refractivity contribution in [2.45, 2.75) is 0 Å². The molecule has 0 atom stereocenters. The standard InChI is InChI=1S/C46H29FN2S/c47-41-21-10-19-39-37-16-3-5-22-43(37)49(45(39)41)34-14-8-13-33(29-34)48(42-23-7-12-30-11-1-2-15-35(30)42)32-27-25-31(26-28-32)36-18-9-20-40-38-17-4-6-24-44(38)50-46(36)40/h1-29H. The van der Waals surface area contributed by atoms with Crippen LogP contribution in [-0.4, -0.2) is 4.57 Å². The molecule has 4 heteroatoms. The number of aromatic nitrogens is 1. The Morgan fingerprint density at radius 3 is 2.08 bits per heavy atom. The van der Waals surface area contributed by atoms with Crippen LogP contribution in [0.1, 0.15) is 0 Å². The van der Waals surface area contributed by atoms with E-state index < -0.39 is 0 Å². The van der Waals surface area contributed by atoms with Gasteiger partial charge in [0, 0.05) is 53.4 Å². The number of halogens is 1. The Labute approximate surface area is 292 Å². The van der Waals surface area contributed by atoms with Crippen molar-refractivity contribution in [2.75, 3.05) is 4.90 Å². The van der Waals surface area contributed by atoms with E-state index in [2.05, 4.69) is 155 Å². The van der Waals surface area contributed by atoms with E-state index in [1.54, 1.807) is 12.1 Å². The Kier molecular flexibility index (Phi) is 6.58. The zero-order valence-electron chi connectivity index (χ0n) is 26.9. The van der Waals surface area contributed by atoms with Gasteiger partial charge in [-0.1, -0.05) is 121 Å². The van der Waals surface area contributed by atoms with Crippen molar-refractivity contribution in [1.82, 2.24) is 4.57 Å². The third-order valence-electron chi connectivity index (χ3n) is 9.84. The first kappa shape index (κ1) is 28.8. The van der Waals surface area contributed by atoms with E-state index in [1.807, 2.05) is 29.5 Å². The SMILES string of the molecule is Fc1cccc2c3ccccc3n(-c3cccc(N(c4ccc(-c5cccc6c5sc5ccccc56)cc4)c4cccc5ccccc45)c3)c12. The average molecular weight is 661 g/mol. The van der Waals surface area contributed by atoms with Crippen molar-refractivity contribution in [1.29, 1.82) is 0 Å². The van der Waals surface area contributed by atoms with E-state index in [1.165, 1.54) is 36.7 Å². The van der Waals surface area contributed by atoms with Gasteiger partial charge < -0.3 is 9.47 Å². The fourth-order valence-electron chi connectivity index (χ4n) is 7.61. The van der Waals surface area contributed by atoms with Crippen molar-refractivity contribution in [3.63, 3.8) is 0 Å². The van der Waals surface area contributed by atoms with Crippen molar-refractivity contribution in [3.05, 3.63) is 182 Å². The number of para-hydroxylation sites is 2. The summed E-state index contributed by atoms with van der Waals surface area (Å²) in [6.07, 6.45) is 0. The summed E-state index contributed by atoms with van der Waals surface area (Å²) in [5, 5.41) is 6.86. The Balaban J connectivity index is 1.16. The van der Waals surface area contributed by atoms with Gasteiger partial charge in [-0.15, -0.1) is 11.3 Å². The van der Waals surface area contributed by atoms with Gasteiger partial charge in [-0.25, -0.2) is 4.39 Å². The van der Waals surface area contributed by atoms with Gasteiger partial charge in [0.15, 0.2) is 0 Å². The highest BCUT2D eigenvalue weighted by molar-refractivity contribution is 7.26. The summed E-state index contributed by atoms with van der Waals surface area (Å²) >= 11 is 1.85. The minimum Gasteiger partial charge on any atom is -0.310 e. The molecular weight excluding hydrogens is 632 g/mol. The lowest BCUT2D eigenvalue weighted by atomic mass is 10.0. The molecule has 0 aliphatic heterocycles. The number of benzene rings is 8. The molecule has 0 unspecified atom stereocenters. The van der Waals surface area contributed by atoms with Gasteiger partial charge in [-0.2, -0.15) is 0 Å². The normalized spacial score (nSPS) is 11.7. The summed E-state index contributed by atoms with van der Waals surface area (Å²) in [6, 6.07) is 61.1. The molecule has 0 fully saturated rings. The maximum absolute atomic E-state index is 15.6. The lowest BCUT2D eigenvalue weighted by Crippen LogP contribution is -2.11. The number of nitrogens with zero attached hydrogens (tertiary/aromatic N) is 2. The average Bonchev–Trinajstić information content (AvgIpc) is 3.73. The van der Waals surface area contributed by atoms with Gasteiger partial charge in [0.2, 0.25) is 0 Å². The van der Waals surface area contributed by atoms with Crippen molar-refractivity contribution >= 4 is 81.1 Å². The Bertz CT molecular complexity index is 2890. The zero-order chi connectivity index (χ0) is 33.2. The molecule has 2 nitrogen and oxygen atoms in total. The van der Waals surface area contributed by atoms with E-state index >= 15 is 4.39 Å². The largest absolute Gasteiger partial charge is 0.310 e. The maximum atomic E-state index is 15.6. The molecule has 0 bridgehead atoms. The summed E-state index contributed by atoms with van der Waals surface area (Å²) in [7, 11) is 0. The van der Waals surface area contributed by atoms with E-state index in [4.69, 9.17) is 0 Å². The molecule has 10 aromatic rings. The van der Waals surface area contributed by atoms with Gasteiger partial charge >= 0.3 is 0 Å². The molecular formula is C46H29FN2S. The predicted molar refractivity (Wildman–Crippen MR) is 211 cm³/mol. The van der Waals surface area contributed by atoms with Crippen LogP contribution in [0.25, 0.3) is 69.6 Å². The van der Waals surface area contributed by atoms with Gasteiger partial charge in [0.25, 0.3) is 0 Å². The molecule has 0 saturated heterocycles. The van der Waals surface area contributed by atoms with Gasteiger partial charge in [0.05, 0.1) is 16.7 Å². The highest BCUT2D eigenvalue weighted by Gasteiger charge is 2.20. The highest BCUT2D eigenvalue weighted by atomic mass is 32.1. The van der Waals surface area contributed by atoms with Crippen LogP contribution in [0.3, 0.4) is 0 Å². The van der Waals surface area contributed by atoms with Crippen molar-refractivity contribution < 1.29 is 4.39 Å². The van der Waals surface area contributed by atoms with Crippen LogP contribution < -0.4 is 4.90 Å². The van der Waals surface area contributed by atoms with E-state index in [0.29, 0.717) is 5.52 Å². The number of anilines is 3. The number of hydrogen-bond donors (Lipinski definition) is 0. The second kappa shape index (κ2) is 11.4. The van der Waals surface area contributed by atoms with Crippen LogP contribution in [0, 0.1) is 5.82 Å². The smallest absolute Gasteiger partial charge is 0.147 e. The van der Waals surface area contributed by atoms with Crippen LogP contribution in [0.4, 0.5) is 21.5 Å². The topological polar surface area (TPSA) is 8.17 Å². The molecule has 2 heterocycles. The van der Waals surface area contributed by atoms with Crippen molar-refractivity contribution in [3.8, 4) is 16.8 Å². The second-order valence-electron chi connectivity index (χ2n) is 12.7. The molecule has 0 spiro atoms. The maximum Gasteiger partial charge on any atom is 0.147 e. The molecule has 8 aromatic carbocycles. The first-order valence-corrected chi connectivity index (χ1v) is 17.6. The third-order valence-corrected chi connectivity index (χ3v) is 11.1. The lowest BCUT2D eigenvalue weighted by molar-refractivity contribution is 0.635. The number of rotatable bonds is 5. The third kappa shape index (κ3) is 4.46. The molecule has 0 amide bonds. The molecule has 10 rings (SSSR count). The molecule has 0 radical (unpaired) electrons. The molecule has 236 valence electrons. The fourth-order valence-corrected chi connectivity index (χ4v) is 8.85. The highest BCUT2D eigenvalue weighted by Crippen LogP contribution is 2.43. The van der Waals surface area contributed by atoms with E-state index in [0.717, 1.165) is 44.4 Å². The van der Waals surface area contributed by atoms with Gasteiger partial charge in [-0.05, 0) is 71.1 Å². The summed E-state index contributed by atoms with van der Waals surface area (Å²) in [5.41, 5.74) is 7.98. The fraction of sp³-hybridized carbons (Fsp3) is 0. The molecule has 0 aliphatic rings. The van der Waals surface area contributed by atoms with Crippen LogP contribution in [0.5, 0.6) is 0 Å². The van der Waals surface area contributed by atoms with E-state index in [9.17, 15) is 0 Å². The molecule has 0 N–H and O–H groups in total. The first-order valence-electron chi connectivity index (χ1n) is 16.8. The van der Waals surface area contributed by atoms with Gasteiger partial charge in [0.1, 0.15) is 5.82 Å². The number of fused-ring (bicyclic) bond motifs is 7. The first-order chi connectivity index (χ1) is 24.7. The summed E-state index contributed by atoms with van der Waals surface area (Å²) in [4.78, 5) is 2.32. The quantitative estimate of drug-likeness (QED) is 0.178. The van der Waals surface area contributed by atoms with Crippen molar-refractivity contribution in [2.24, 2.45) is 0 Å². The Morgan fingerprint density at radius 1 is 0.500 bits per heavy atom. The van der Waals surface area contributed by atoms with Crippen LogP contribution in [0.15, 0.2) is 176 Å². The van der Waals surface area contributed by atoms with Gasteiger partial charge in [-0.3, -0.25) is 0 Å². The molecule has 50 heavy (non-hydrogen) atoms. The molecule has 0 saturated carbocycles. The molecule has 0 aliphatic carbocycles. The zero-order valence-corrected chi connectivity index (χ0v) is 27.7. The second-order valence-corrected chi connectivity index (χ2v) is 13.7. The summed E-state index contributed by atoms with van der Waals surface area (Å²) in [6.45, 7) is 0. The van der Waals surface area contributed by atoms with E-state index in [-0.39, 0.29) is 5.82 Å². The predicted octanol–water partition coefficient (Wildman–Crippen LogP) is 13.6. The number of hydrogen-bond acceptors (Lipinski definition) is 2. The number of thiophene rings is 1. The minimum atomic E-state index is -0.237. The molecule has 2 aromatic heterocycles. The summed E-state index contributed by atoms with van der Waals surface area (Å²) < 4.78 is 20.3. The Morgan fingerprint density at radius 2 is 1.18 bits per heavy atom. The minimum absolute atomic E-state index is 0.237. The van der Waals surface area contributed by atoms with Crippen LogP contribution >= 0.6 is 11.3 Å². The van der Waals surface area contributed by atoms with Crippen LogP contribution in [-0.2, 0) is 0 Å². The Hall–Kier alpha value is -6.23.